The third kappa shape index (κ3) is 3.31. The minimum absolute atomic E-state index is 0.246. The molecule has 0 unspecified atom stereocenters. The highest BCUT2D eigenvalue weighted by Crippen LogP contribution is 2.20. The van der Waals surface area contributed by atoms with Crippen molar-refractivity contribution < 1.29 is 4.79 Å². The van der Waals surface area contributed by atoms with Gasteiger partial charge in [-0.15, -0.1) is 5.10 Å². The molecule has 0 atom stereocenters. The molecular weight excluding hydrogens is 312 g/mol. The molecule has 0 aliphatic carbocycles. The summed E-state index contributed by atoms with van der Waals surface area (Å²) in [7, 11) is 0. The monoisotopic (exact) mass is 334 g/mol. The quantitative estimate of drug-likeness (QED) is 0.784. The zero-order valence-electron chi connectivity index (χ0n) is 15.0. The maximum absolute atomic E-state index is 12.6. The molecular formula is C20H22N4O. The van der Waals surface area contributed by atoms with Crippen LogP contribution in [0.1, 0.15) is 39.8 Å². The lowest BCUT2D eigenvalue weighted by Crippen LogP contribution is -2.15. The van der Waals surface area contributed by atoms with Gasteiger partial charge in [0.05, 0.1) is 11.4 Å². The van der Waals surface area contributed by atoms with Gasteiger partial charge in [0.2, 0.25) is 0 Å². The Hall–Kier alpha value is -2.95. The third-order valence-corrected chi connectivity index (χ3v) is 4.53. The lowest BCUT2D eigenvalue weighted by atomic mass is 10.1. The number of amides is 1. The highest BCUT2D eigenvalue weighted by molar-refractivity contribution is 6.04. The van der Waals surface area contributed by atoms with Gasteiger partial charge in [-0.2, -0.15) is 0 Å². The van der Waals surface area contributed by atoms with Crippen molar-refractivity contribution in [2.45, 2.75) is 34.1 Å². The average Bonchev–Trinajstić information content (AvgIpc) is 3.00. The second-order valence-corrected chi connectivity index (χ2v) is 6.16. The molecule has 3 rings (SSSR count). The molecule has 5 nitrogen and oxygen atoms in total. The predicted octanol–water partition coefficient (Wildman–Crippen LogP) is 4.01. The van der Waals surface area contributed by atoms with Crippen molar-refractivity contribution in [2.24, 2.45) is 0 Å². The summed E-state index contributed by atoms with van der Waals surface area (Å²) < 4.78 is 1.71. The third-order valence-electron chi connectivity index (χ3n) is 4.53. The number of nitrogens with one attached hydrogen (secondary N) is 1. The molecule has 5 heteroatoms. The van der Waals surface area contributed by atoms with Crippen LogP contribution in [0, 0.1) is 20.8 Å². The van der Waals surface area contributed by atoms with Gasteiger partial charge < -0.3 is 5.32 Å². The van der Waals surface area contributed by atoms with Crippen LogP contribution in [0.25, 0.3) is 5.69 Å². The molecule has 0 fully saturated rings. The van der Waals surface area contributed by atoms with Crippen LogP contribution < -0.4 is 5.32 Å². The van der Waals surface area contributed by atoms with E-state index < -0.39 is 0 Å². The van der Waals surface area contributed by atoms with Crippen LogP contribution in [0.4, 0.5) is 5.69 Å². The second kappa shape index (κ2) is 6.89. The van der Waals surface area contributed by atoms with Crippen molar-refractivity contribution in [2.75, 3.05) is 5.32 Å². The predicted molar refractivity (Wildman–Crippen MR) is 99.3 cm³/mol. The van der Waals surface area contributed by atoms with Crippen LogP contribution >= 0.6 is 0 Å². The topological polar surface area (TPSA) is 59.8 Å². The first kappa shape index (κ1) is 16.9. The Morgan fingerprint density at radius 1 is 1.12 bits per heavy atom. The Morgan fingerprint density at radius 3 is 2.64 bits per heavy atom. The SMILES string of the molecule is CCc1cccc(-n2nnc(C(=O)Nc3cccc(C)c3C)c2C)c1. The van der Waals surface area contributed by atoms with Gasteiger partial charge in [0.15, 0.2) is 5.69 Å². The highest BCUT2D eigenvalue weighted by atomic mass is 16.2. The van der Waals surface area contributed by atoms with Crippen molar-refractivity contribution in [3.8, 4) is 5.69 Å². The molecule has 2 aromatic carbocycles. The Kier molecular flexibility index (Phi) is 4.65. The molecule has 0 saturated heterocycles. The fraction of sp³-hybridized carbons (Fsp3) is 0.250. The van der Waals surface area contributed by atoms with Crippen LogP contribution in [0.2, 0.25) is 0 Å². The van der Waals surface area contributed by atoms with Crippen molar-refractivity contribution >= 4 is 11.6 Å². The van der Waals surface area contributed by atoms with E-state index in [9.17, 15) is 4.79 Å². The maximum atomic E-state index is 12.6. The zero-order valence-corrected chi connectivity index (χ0v) is 15.0. The standard InChI is InChI=1S/C20H22N4O/c1-5-16-9-7-10-17(12-16)24-15(4)19(22-23-24)20(25)21-18-11-6-8-13(2)14(18)3/h6-12H,5H2,1-4H3,(H,21,25). The van der Waals surface area contributed by atoms with Gasteiger partial charge in [-0.3, -0.25) is 4.79 Å². The molecule has 0 aliphatic rings. The number of benzene rings is 2. The summed E-state index contributed by atoms with van der Waals surface area (Å²) >= 11 is 0. The second-order valence-electron chi connectivity index (χ2n) is 6.16. The number of nitrogens with zero attached hydrogens (tertiary/aromatic N) is 3. The molecule has 0 bridgehead atoms. The zero-order chi connectivity index (χ0) is 18.0. The first-order chi connectivity index (χ1) is 12.0. The molecule has 128 valence electrons. The van der Waals surface area contributed by atoms with Gasteiger partial charge in [-0.25, -0.2) is 4.68 Å². The summed E-state index contributed by atoms with van der Waals surface area (Å²) in [5.74, 6) is -0.246. The van der Waals surface area contributed by atoms with Gasteiger partial charge in [0.1, 0.15) is 0 Å². The number of anilines is 1. The summed E-state index contributed by atoms with van der Waals surface area (Å²) in [6, 6.07) is 13.9. The normalized spacial score (nSPS) is 10.7. The smallest absolute Gasteiger partial charge is 0.278 e. The lowest BCUT2D eigenvalue weighted by molar-refractivity contribution is 0.102. The fourth-order valence-electron chi connectivity index (χ4n) is 2.76. The maximum Gasteiger partial charge on any atom is 0.278 e. The molecule has 3 aromatic rings. The minimum Gasteiger partial charge on any atom is -0.320 e. The van der Waals surface area contributed by atoms with Crippen LogP contribution in [0.15, 0.2) is 42.5 Å². The summed E-state index contributed by atoms with van der Waals surface area (Å²) in [6.07, 6.45) is 0.946. The number of carbonyl (C=O) groups excluding carboxylic acids is 1. The van der Waals surface area contributed by atoms with E-state index in [2.05, 4.69) is 34.7 Å². The molecule has 25 heavy (non-hydrogen) atoms. The van der Waals surface area contributed by atoms with E-state index in [4.69, 9.17) is 0 Å². The Labute approximate surface area is 147 Å². The van der Waals surface area contributed by atoms with Crippen LogP contribution in [-0.2, 0) is 6.42 Å². The number of hydrogen-bond donors (Lipinski definition) is 1. The highest BCUT2D eigenvalue weighted by Gasteiger charge is 2.18. The van der Waals surface area contributed by atoms with Gasteiger partial charge in [0.25, 0.3) is 5.91 Å². The number of rotatable bonds is 4. The minimum atomic E-state index is -0.246. The number of hydrogen-bond acceptors (Lipinski definition) is 3. The van der Waals surface area contributed by atoms with E-state index in [0.29, 0.717) is 5.69 Å². The number of aryl methyl sites for hydroxylation is 2. The number of aromatic nitrogens is 3. The summed E-state index contributed by atoms with van der Waals surface area (Å²) in [4.78, 5) is 12.6. The Balaban J connectivity index is 1.90. The summed E-state index contributed by atoms with van der Waals surface area (Å²) in [5, 5.41) is 11.2. The van der Waals surface area contributed by atoms with Gasteiger partial charge in [0, 0.05) is 5.69 Å². The van der Waals surface area contributed by atoms with E-state index in [1.54, 1.807) is 4.68 Å². The molecule has 0 aliphatic heterocycles. The molecule has 1 N–H and O–H groups in total. The summed E-state index contributed by atoms with van der Waals surface area (Å²) in [5.41, 5.74) is 6.17. The van der Waals surface area contributed by atoms with Crippen LogP contribution in [0.3, 0.4) is 0 Å². The fourth-order valence-corrected chi connectivity index (χ4v) is 2.76. The average molecular weight is 334 g/mol. The van der Waals surface area contributed by atoms with Crippen LogP contribution in [0.5, 0.6) is 0 Å². The molecule has 1 amide bonds. The van der Waals surface area contributed by atoms with E-state index in [-0.39, 0.29) is 5.91 Å². The van der Waals surface area contributed by atoms with Crippen LogP contribution in [-0.4, -0.2) is 20.9 Å². The van der Waals surface area contributed by atoms with E-state index >= 15 is 0 Å². The molecule has 0 radical (unpaired) electrons. The van der Waals surface area contributed by atoms with E-state index in [1.807, 2.05) is 51.1 Å². The van der Waals surface area contributed by atoms with Gasteiger partial charge in [-0.1, -0.05) is 36.4 Å². The Bertz CT molecular complexity index is 927. The van der Waals surface area contributed by atoms with E-state index in [1.165, 1.54) is 5.56 Å². The van der Waals surface area contributed by atoms with Gasteiger partial charge >= 0.3 is 0 Å². The first-order valence-electron chi connectivity index (χ1n) is 8.40. The van der Waals surface area contributed by atoms with Crippen molar-refractivity contribution in [3.05, 3.63) is 70.5 Å². The molecule has 0 saturated carbocycles. The largest absolute Gasteiger partial charge is 0.320 e. The van der Waals surface area contributed by atoms with Crippen molar-refractivity contribution in [3.63, 3.8) is 0 Å². The molecule has 1 aromatic heterocycles. The lowest BCUT2D eigenvalue weighted by Gasteiger charge is -2.09. The summed E-state index contributed by atoms with van der Waals surface area (Å²) in [6.45, 7) is 7.98. The van der Waals surface area contributed by atoms with E-state index in [0.717, 1.165) is 34.6 Å². The molecule has 1 heterocycles. The molecule has 0 spiro atoms. The first-order valence-corrected chi connectivity index (χ1v) is 8.40. The van der Waals surface area contributed by atoms with Crippen molar-refractivity contribution in [1.29, 1.82) is 0 Å². The number of carbonyl (C=O) groups is 1. The Morgan fingerprint density at radius 2 is 1.88 bits per heavy atom. The van der Waals surface area contributed by atoms with Gasteiger partial charge in [-0.05, 0) is 62.1 Å². The van der Waals surface area contributed by atoms with Crippen molar-refractivity contribution in [1.82, 2.24) is 15.0 Å².